The Morgan fingerprint density at radius 1 is 1.33 bits per heavy atom. The molecular weight excluding hydrogens is 242 g/mol. The van der Waals surface area contributed by atoms with Crippen molar-refractivity contribution in [3.8, 4) is 5.75 Å². The van der Waals surface area contributed by atoms with Crippen LogP contribution in [0, 0.1) is 0 Å². The number of thioether (sulfide) groups is 1. The quantitative estimate of drug-likeness (QED) is 0.756. The van der Waals surface area contributed by atoms with Crippen molar-refractivity contribution in [3.63, 3.8) is 0 Å². The topological polar surface area (TPSA) is 21.3 Å². The van der Waals surface area contributed by atoms with Gasteiger partial charge in [-0.3, -0.25) is 0 Å². The van der Waals surface area contributed by atoms with Crippen LogP contribution < -0.4 is 10.1 Å². The summed E-state index contributed by atoms with van der Waals surface area (Å²) in [6, 6.07) is 8.19. The molecule has 0 amide bonds. The van der Waals surface area contributed by atoms with Gasteiger partial charge in [-0.1, -0.05) is 19.1 Å². The zero-order valence-electron chi connectivity index (χ0n) is 12.1. The minimum absolute atomic E-state index is 0.170. The number of ether oxygens (including phenoxy) is 1. The molecule has 1 N–H and O–H groups in total. The lowest BCUT2D eigenvalue weighted by molar-refractivity contribution is 0.194. The minimum atomic E-state index is 0.170. The summed E-state index contributed by atoms with van der Waals surface area (Å²) < 4.78 is 5.99. The molecule has 0 bridgehead atoms. The lowest BCUT2D eigenvalue weighted by atomic mass is 10.0. The second-order valence-electron chi connectivity index (χ2n) is 5.20. The van der Waals surface area contributed by atoms with E-state index in [0.717, 1.165) is 18.7 Å². The maximum absolute atomic E-state index is 5.99. The van der Waals surface area contributed by atoms with E-state index in [0.29, 0.717) is 0 Å². The molecule has 0 radical (unpaired) electrons. The molecule has 0 aliphatic heterocycles. The number of hydrogen-bond donors (Lipinski definition) is 1. The number of para-hydroxylation sites is 1. The van der Waals surface area contributed by atoms with Gasteiger partial charge >= 0.3 is 0 Å². The summed E-state index contributed by atoms with van der Waals surface area (Å²) in [6.45, 7) is 9.60. The van der Waals surface area contributed by atoms with Crippen LogP contribution in [0.2, 0.25) is 0 Å². The van der Waals surface area contributed by atoms with Gasteiger partial charge in [0.25, 0.3) is 0 Å². The average Bonchev–Trinajstić information content (AvgIpc) is 2.37. The number of benzene rings is 1. The van der Waals surface area contributed by atoms with Crippen LogP contribution in [0.4, 0.5) is 0 Å². The first-order chi connectivity index (χ1) is 8.48. The molecule has 2 nitrogen and oxygen atoms in total. The smallest absolute Gasteiger partial charge is 0.133 e. The summed E-state index contributed by atoms with van der Waals surface area (Å²) in [4.78, 5) is 1.19. The Balaban J connectivity index is 2.52. The highest BCUT2D eigenvalue weighted by molar-refractivity contribution is 7.98. The first-order valence-electron chi connectivity index (χ1n) is 6.53. The van der Waals surface area contributed by atoms with Crippen LogP contribution in [0.25, 0.3) is 0 Å². The maximum atomic E-state index is 5.99. The van der Waals surface area contributed by atoms with Crippen LogP contribution >= 0.6 is 11.8 Å². The Hall–Kier alpha value is -0.670. The second kappa shape index (κ2) is 7.05. The van der Waals surface area contributed by atoms with Crippen molar-refractivity contribution >= 4 is 11.8 Å². The first kappa shape index (κ1) is 15.4. The summed E-state index contributed by atoms with van der Waals surface area (Å²) in [5.74, 6) is 0.980. The fraction of sp³-hybridized carbons (Fsp3) is 0.600. The van der Waals surface area contributed by atoms with Crippen LogP contribution in [-0.4, -0.2) is 24.4 Å². The van der Waals surface area contributed by atoms with Crippen molar-refractivity contribution in [2.75, 3.05) is 12.8 Å². The average molecular weight is 267 g/mol. The van der Waals surface area contributed by atoms with Crippen LogP contribution in [0.3, 0.4) is 0 Å². The molecule has 102 valence electrons. The van der Waals surface area contributed by atoms with Crippen molar-refractivity contribution in [2.24, 2.45) is 0 Å². The standard InChI is InChI=1S/C15H25NOS/c1-6-15(3,4)16-11-12(2)17-13-9-7-8-10-14(13)18-5/h7-10,12,16H,6,11H2,1-5H3. The van der Waals surface area contributed by atoms with Crippen molar-refractivity contribution in [3.05, 3.63) is 24.3 Å². The van der Waals surface area contributed by atoms with E-state index in [1.807, 2.05) is 18.2 Å². The molecule has 1 aromatic carbocycles. The molecule has 1 atom stereocenters. The van der Waals surface area contributed by atoms with Gasteiger partial charge in [0, 0.05) is 17.0 Å². The van der Waals surface area contributed by atoms with E-state index in [9.17, 15) is 0 Å². The van der Waals surface area contributed by atoms with Gasteiger partial charge in [0.2, 0.25) is 0 Å². The molecule has 18 heavy (non-hydrogen) atoms. The number of rotatable bonds is 7. The zero-order chi connectivity index (χ0) is 13.6. The molecule has 0 spiro atoms. The zero-order valence-corrected chi connectivity index (χ0v) is 12.9. The van der Waals surface area contributed by atoms with Gasteiger partial charge in [0.05, 0.1) is 0 Å². The van der Waals surface area contributed by atoms with Crippen LogP contribution in [0.1, 0.15) is 34.1 Å². The highest BCUT2D eigenvalue weighted by Gasteiger charge is 2.16. The van der Waals surface area contributed by atoms with E-state index in [2.05, 4.69) is 45.3 Å². The predicted octanol–water partition coefficient (Wildman–Crippen LogP) is 3.95. The normalized spacial score (nSPS) is 13.4. The third kappa shape index (κ3) is 4.91. The molecule has 0 saturated carbocycles. The van der Waals surface area contributed by atoms with Crippen molar-refractivity contribution in [1.29, 1.82) is 0 Å². The first-order valence-corrected chi connectivity index (χ1v) is 7.75. The predicted molar refractivity (Wildman–Crippen MR) is 80.7 cm³/mol. The molecule has 0 fully saturated rings. The molecule has 0 aliphatic carbocycles. The van der Waals surface area contributed by atoms with Crippen LogP contribution in [0.15, 0.2) is 29.2 Å². The van der Waals surface area contributed by atoms with Crippen LogP contribution in [0.5, 0.6) is 5.75 Å². The maximum Gasteiger partial charge on any atom is 0.133 e. The van der Waals surface area contributed by atoms with Gasteiger partial charge in [-0.15, -0.1) is 11.8 Å². The second-order valence-corrected chi connectivity index (χ2v) is 6.05. The van der Waals surface area contributed by atoms with Gasteiger partial charge < -0.3 is 10.1 Å². The number of nitrogens with one attached hydrogen (secondary N) is 1. The summed E-state index contributed by atoms with van der Waals surface area (Å²) in [7, 11) is 0. The Labute approximate surface area is 116 Å². The molecular formula is C15H25NOS. The van der Waals surface area contributed by atoms with E-state index in [1.54, 1.807) is 11.8 Å². The minimum Gasteiger partial charge on any atom is -0.488 e. The van der Waals surface area contributed by atoms with Crippen molar-refractivity contribution < 1.29 is 4.74 Å². The molecule has 0 heterocycles. The van der Waals surface area contributed by atoms with Crippen molar-refractivity contribution in [2.45, 2.75) is 50.7 Å². The number of hydrogen-bond acceptors (Lipinski definition) is 3. The SMILES string of the molecule is CCC(C)(C)NCC(C)Oc1ccccc1SC. The Kier molecular flexibility index (Phi) is 6.03. The summed E-state index contributed by atoms with van der Waals surface area (Å²) in [6.07, 6.45) is 3.36. The third-order valence-electron chi connectivity index (χ3n) is 3.15. The Bertz CT molecular complexity index is 365. The van der Waals surface area contributed by atoms with E-state index in [1.165, 1.54) is 4.90 Å². The highest BCUT2D eigenvalue weighted by Crippen LogP contribution is 2.27. The van der Waals surface area contributed by atoms with E-state index in [4.69, 9.17) is 4.74 Å². The summed E-state index contributed by atoms with van der Waals surface area (Å²) >= 11 is 1.72. The van der Waals surface area contributed by atoms with Gasteiger partial charge in [-0.2, -0.15) is 0 Å². The van der Waals surface area contributed by atoms with Gasteiger partial charge in [0.15, 0.2) is 0 Å². The lowest BCUT2D eigenvalue weighted by Gasteiger charge is -2.27. The molecule has 1 aromatic rings. The molecule has 0 aromatic heterocycles. The Morgan fingerprint density at radius 2 is 2.00 bits per heavy atom. The molecule has 0 saturated heterocycles. The van der Waals surface area contributed by atoms with Crippen molar-refractivity contribution in [1.82, 2.24) is 5.32 Å². The van der Waals surface area contributed by atoms with Gasteiger partial charge in [0.1, 0.15) is 11.9 Å². The van der Waals surface area contributed by atoms with Gasteiger partial charge in [-0.05, 0) is 45.6 Å². The van der Waals surface area contributed by atoms with E-state index in [-0.39, 0.29) is 11.6 Å². The molecule has 1 rings (SSSR count). The van der Waals surface area contributed by atoms with Gasteiger partial charge in [-0.25, -0.2) is 0 Å². The van der Waals surface area contributed by atoms with E-state index < -0.39 is 0 Å². The highest BCUT2D eigenvalue weighted by atomic mass is 32.2. The Morgan fingerprint density at radius 3 is 2.61 bits per heavy atom. The third-order valence-corrected chi connectivity index (χ3v) is 3.93. The lowest BCUT2D eigenvalue weighted by Crippen LogP contribution is -2.43. The largest absolute Gasteiger partial charge is 0.488 e. The summed E-state index contributed by atoms with van der Waals surface area (Å²) in [5.41, 5.74) is 0.177. The fourth-order valence-corrected chi connectivity index (χ4v) is 2.05. The molecule has 1 unspecified atom stereocenters. The molecule has 3 heteroatoms. The van der Waals surface area contributed by atoms with E-state index >= 15 is 0 Å². The monoisotopic (exact) mass is 267 g/mol. The summed E-state index contributed by atoms with van der Waals surface area (Å²) in [5, 5.41) is 3.53. The fourth-order valence-electron chi connectivity index (χ4n) is 1.52. The van der Waals surface area contributed by atoms with Crippen LogP contribution in [-0.2, 0) is 0 Å². The molecule has 0 aliphatic rings.